The Morgan fingerprint density at radius 1 is 0.905 bits per heavy atom. The van der Waals surface area contributed by atoms with Crippen molar-refractivity contribution >= 4 is 51.8 Å². The molecule has 1 atom stereocenters. The SMILES string of the molecule is CC1(C)C(NC(=O)c2ccc(-n3cc(C4CCN(C(=O)C5CN(c6ccc7nnn(C8CCC(=O)NC8=O)c(=O)c7c6)C5)CC4)nn3)cc2)C(C)(C)C1Oc1ccc(C#N)c(Cl)c1. The Balaban J connectivity index is 0.760. The van der Waals surface area contributed by atoms with E-state index in [0.717, 1.165) is 34.6 Å². The van der Waals surface area contributed by atoms with Crippen molar-refractivity contribution in [3.05, 3.63) is 99.1 Å². The van der Waals surface area contributed by atoms with Crippen LogP contribution in [0.15, 0.2) is 71.7 Å². The summed E-state index contributed by atoms with van der Waals surface area (Å²) < 4.78 is 9.12. The van der Waals surface area contributed by atoms with E-state index in [2.05, 4.69) is 65.0 Å². The van der Waals surface area contributed by atoms with Gasteiger partial charge >= 0.3 is 0 Å². The van der Waals surface area contributed by atoms with Gasteiger partial charge in [0.2, 0.25) is 11.8 Å². The van der Waals surface area contributed by atoms with Crippen molar-refractivity contribution in [1.29, 1.82) is 5.26 Å². The van der Waals surface area contributed by atoms with Crippen LogP contribution in [-0.2, 0) is 14.4 Å². The van der Waals surface area contributed by atoms with Crippen LogP contribution in [0.25, 0.3) is 16.6 Å². The van der Waals surface area contributed by atoms with Crippen LogP contribution in [0.4, 0.5) is 5.69 Å². The molecule has 18 heteroatoms. The number of ether oxygens (including phenoxy) is 1. The molecule has 4 aliphatic rings. The highest BCUT2D eigenvalue weighted by Gasteiger charge is 2.64. The summed E-state index contributed by atoms with van der Waals surface area (Å²) in [5, 5.41) is 32.3. The number of carbonyl (C=O) groups is 4. The quantitative estimate of drug-likeness (QED) is 0.198. The van der Waals surface area contributed by atoms with Crippen LogP contribution in [0.5, 0.6) is 5.75 Å². The molecule has 1 aliphatic carbocycles. The number of benzene rings is 3. The predicted molar refractivity (Wildman–Crippen MR) is 230 cm³/mol. The lowest BCUT2D eigenvalue weighted by Crippen LogP contribution is -2.74. The maximum Gasteiger partial charge on any atom is 0.278 e. The van der Waals surface area contributed by atoms with E-state index < -0.39 is 28.3 Å². The normalized spacial score (nSPS) is 22.1. The van der Waals surface area contributed by atoms with Gasteiger partial charge in [-0.1, -0.05) is 49.7 Å². The van der Waals surface area contributed by atoms with Gasteiger partial charge in [-0.3, -0.25) is 29.3 Å². The lowest BCUT2D eigenvalue weighted by molar-refractivity contribution is -0.164. The number of carbonyl (C=O) groups excluding carboxylic acids is 4. The minimum absolute atomic E-state index is 0.107. The van der Waals surface area contributed by atoms with E-state index in [4.69, 9.17) is 16.3 Å². The van der Waals surface area contributed by atoms with Gasteiger partial charge in [0, 0.05) is 72.7 Å². The molecular weight excluding hydrogens is 826 g/mol. The average Bonchev–Trinajstić information content (AvgIpc) is 3.75. The first-order valence-corrected chi connectivity index (χ1v) is 21.5. The van der Waals surface area contributed by atoms with Crippen molar-refractivity contribution in [2.24, 2.45) is 16.7 Å². The molecule has 0 bridgehead atoms. The number of amides is 4. The van der Waals surface area contributed by atoms with Crippen LogP contribution in [0.2, 0.25) is 5.02 Å². The van der Waals surface area contributed by atoms with Gasteiger partial charge < -0.3 is 19.9 Å². The summed E-state index contributed by atoms with van der Waals surface area (Å²) in [5.74, 6) is -0.484. The van der Waals surface area contributed by atoms with Crippen LogP contribution in [0, 0.1) is 28.1 Å². The molecule has 5 aromatic rings. The number of hydrogen-bond acceptors (Lipinski definition) is 12. The number of rotatable bonds is 9. The van der Waals surface area contributed by atoms with Gasteiger partial charge in [0.05, 0.1) is 39.5 Å². The van der Waals surface area contributed by atoms with E-state index in [9.17, 15) is 29.2 Å². The third-order valence-electron chi connectivity index (χ3n) is 13.3. The monoisotopic (exact) mass is 871 g/mol. The number of fused-ring (bicyclic) bond motifs is 1. The zero-order chi connectivity index (χ0) is 44.4. The summed E-state index contributed by atoms with van der Waals surface area (Å²) in [7, 11) is 0. The Labute approximate surface area is 367 Å². The molecule has 2 N–H and O–H groups in total. The third-order valence-corrected chi connectivity index (χ3v) is 13.6. The molecule has 3 aliphatic heterocycles. The molecule has 0 spiro atoms. The van der Waals surface area contributed by atoms with Crippen molar-refractivity contribution < 1.29 is 23.9 Å². The molecule has 3 saturated heterocycles. The van der Waals surface area contributed by atoms with Crippen LogP contribution in [0.1, 0.15) is 87.0 Å². The largest absolute Gasteiger partial charge is 0.489 e. The van der Waals surface area contributed by atoms with Crippen molar-refractivity contribution in [2.75, 3.05) is 31.1 Å². The minimum atomic E-state index is -0.905. The van der Waals surface area contributed by atoms with Crippen LogP contribution in [0.3, 0.4) is 0 Å². The topological polar surface area (TPSA) is 210 Å². The molecule has 4 fully saturated rings. The van der Waals surface area contributed by atoms with Crippen molar-refractivity contribution in [2.45, 2.75) is 77.5 Å². The number of halogens is 1. The Morgan fingerprint density at radius 3 is 2.30 bits per heavy atom. The van der Waals surface area contributed by atoms with E-state index in [1.807, 2.05) is 34.2 Å². The number of nitriles is 1. The lowest BCUT2D eigenvalue weighted by atomic mass is 9.49. The summed E-state index contributed by atoms with van der Waals surface area (Å²) in [4.78, 5) is 68.4. The van der Waals surface area contributed by atoms with Gasteiger partial charge in [0.15, 0.2) is 0 Å². The molecule has 1 saturated carbocycles. The molecule has 324 valence electrons. The number of imide groups is 1. The highest BCUT2D eigenvalue weighted by molar-refractivity contribution is 6.31. The smallest absolute Gasteiger partial charge is 0.278 e. The van der Waals surface area contributed by atoms with Crippen LogP contribution < -0.4 is 25.8 Å². The number of piperidine rings is 2. The van der Waals surface area contributed by atoms with Gasteiger partial charge in [-0.15, -0.1) is 10.2 Å². The first-order chi connectivity index (χ1) is 30.1. The van der Waals surface area contributed by atoms with E-state index >= 15 is 0 Å². The molecule has 5 heterocycles. The molecule has 1 unspecified atom stereocenters. The van der Waals surface area contributed by atoms with E-state index in [-0.39, 0.29) is 54.5 Å². The first-order valence-electron chi connectivity index (χ1n) is 21.1. The van der Waals surface area contributed by atoms with E-state index in [0.29, 0.717) is 59.0 Å². The van der Waals surface area contributed by atoms with Gasteiger partial charge in [0.25, 0.3) is 17.4 Å². The molecule has 63 heavy (non-hydrogen) atoms. The Bertz CT molecular complexity index is 2750. The number of nitrogens with zero attached hydrogens (tertiary/aromatic N) is 9. The third kappa shape index (κ3) is 7.55. The summed E-state index contributed by atoms with van der Waals surface area (Å²) in [6.07, 6.45) is 3.50. The van der Waals surface area contributed by atoms with Gasteiger partial charge in [-0.2, -0.15) is 9.94 Å². The molecule has 3 aromatic carbocycles. The van der Waals surface area contributed by atoms with Crippen LogP contribution >= 0.6 is 11.6 Å². The standard InChI is InChI=1S/C45H46ClN11O6/c1-44(2)42(45(3,4)43(44)63-31-11-7-27(21-47)33(46)20-31)49-38(59)26-5-8-29(9-6-26)56-24-35(51-52-56)25-15-17-54(18-16-25)40(61)28-22-55(23-28)30-10-12-34-32(19-30)41(62)57(53-50-34)36-13-14-37(58)48-39(36)60/h5-12,19-20,24-25,28,36,42-43H,13-18,22-23H2,1-4H3,(H,49,59)(H,48,58,60). The Morgan fingerprint density at radius 2 is 1.62 bits per heavy atom. The van der Waals surface area contributed by atoms with E-state index in [1.54, 1.807) is 47.1 Å². The van der Waals surface area contributed by atoms with Crippen molar-refractivity contribution in [1.82, 2.24) is 45.5 Å². The van der Waals surface area contributed by atoms with Crippen molar-refractivity contribution in [3.8, 4) is 17.5 Å². The molecule has 0 radical (unpaired) electrons. The number of hydrogen-bond donors (Lipinski definition) is 2. The second-order valence-corrected chi connectivity index (χ2v) is 18.6. The Kier molecular flexibility index (Phi) is 10.5. The van der Waals surface area contributed by atoms with E-state index in [1.165, 1.54) is 0 Å². The zero-order valence-electron chi connectivity index (χ0n) is 35.2. The summed E-state index contributed by atoms with van der Waals surface area (Å²) in [5.41, 5.74) is 2.45. The fourth-order valence-corrected chi connectivity index (χ4v) is 10.2. The molecule has 17 nitrogen and oxygen atoms in total. The summed E-state index contributed by atoms with van der Waals surface area (Å²) >= 11 is 6.25. The molecule has 9 rings (SSSR count). The first kappa shape index (κ1) is 41.7. The fourth-order valence-electron chi connectivity index (χ4n) is 10.0. The minimum Gasteiger partial charge on any atom is -0.489 e. The number of likely N-dealkylation sites (tertiary alicyclic amines) is 1. The highest BCUT2D eigenvalue weighted by Crippen LogP contribution is 2.55. The van der Waals surface area contributed by atoms with Gasteiger partial charge in [-0.25, -0.2) is 4.68 Å². The number of anilines is 1. The highest BCUT2D eigenvalue weighted by atomic mass is 35.5. The van der Waals surface area contributed by atoms with Gasteiger partial charge in [0.1, 0.15) is 29.5 Å². The molecule has 4 amide bonds. The lowest BCUT2D eigenvalue weighted by Gasteiger charge is -2.63. The maximum absolute atomic E-state index is 13.5. The van der Waals surface area contributed by atoms with Crippen molar-refractivity contribution in [3.63, 3.8) is 0 Å². The second-order valence-electron chi connectivity index (χ2n) is 18.1. The Hall–Kier alpha value is -6.67. The second kappa shape index (κ2) is 15.9. The number of aromatic nitrogens is 6. The number of nitrogens with one attached hydrogen (secondary N) is 2. The van der Waals surface area contributed by atoms with Gasteiger partial charge in [-0.05, 0) is 73.9 Å². The summed E-state index contributed by atoms with van der Waals surface area (Å²) in [6.45, 7) is 10.5. The fraction of sp³-hybridized carbons (Fsp3) is 0.422. The predicted octanol–water partition coefficient (Wildman–Crippen LogP) is 4.33. The zero-order valence-corrected chi connectivity index (χ0v) is 36.0. The molecular formula is C45H46ClN11O6. The maximum atomic E-state index is 13.5. The summed E-state index contributed by atoms with van der Waals surface area (Å²) in [6, 6.07) is 18.5. The average molecular weight is 872 g/mol. The molecule has 2 aromatic heterocycles. The van der Waals surface area contributed by atoms with Crippen LogP contribution in [-0.4, -0.2) is 96.8 Å².